The zero-order chi connectivity index (χ0) is 15.7. The number of anilines is 2. The molecule has 2 N–H and O–H groups in total. The molecule has 1 atom stereocenters. The number of rotatable bonds is 4. The number of thiazole rings is 1. The fraction of sp³-hybridized carbons (Fsp3) is 0.471. The third-order valence-corrected chi connectivity index (χ3v) is 4.85. The van der Waals surface area contributed by atoms with Gasteiger partial charge in [-0.05, 0) is 38.0 Å². The zero-order valence-corrected chi connectivity index (χ0v) is 14.2. The molecule has 1 aromatic carbocycles. The van der Waals surface area contributed by atoms with Crippen molar-refractivity contribution in [1.82, 2.24) is 4.98 Å². The molecule has 22 heavy (non-hydrogen) atoms. The highest BCUT2D eigenvalue weighted by Gasteiger charge is 2.25. The fourth-order valence-corrected chi connectivity index (χ4v) is 3.66. The molecule has 1 unspecified atom stereocenters. The van der Waals surface area contributed by atoms with E-state index in [4.69, 9.17) is 10.5 Å². The Morgan fingerprint density at radius 1 is 1.41 bits per heavy atom. The topological polar surface area (TPSA) is 51.4 Å². The van der Waals surface area contributed by atoms with Crippen LogP contribution in [0.15, 0.2) is 18.2 Å². The van der Waals surface area contributed by atoms with Crippen LogP contribution < -0.4 is 15.4 Å². The smallest absolute Gasteiger partial charge is 0.180 e. The highest BCUT2D eigenvalue weighted by molar-refractivity contribution is 7.15. The first kappa shape index (κ1) is 15.2. The summed E-state index contributed by atoms with van der Waals surface area (Å²) in [5.74, 6) is 0.983. The lowest BCUT2D eigenvalue weighted by molar-refractivity contribution is 0.189. The van der Waals surface area contributed by atoms with Crippen LogP contribution in [0, 0.1) is 6.92 Å². The van der Waals surface area contributed by atoms with Gasteiger partial charge in [0, 0.05) is 17.0 Å². The number of hydrogen-bond donors (Lipinski definition) is 1. The molecule has 0 bridgehead atoms. The minimum Gasteiger partial charge on any atom is -0.486 e. The monoisotopic (exact) mass is 317 g/mol. The predicted molar refractivity (Wildman–Crippen MR) is 93.9 cm³/mol. The van der Waals surface area contributed by atoms with E-state index in [2.05, 4.69) is 48.9 Å². The second kappa shape index (κ2) is 6.16. The third kappa shape index (κ3) is 2.77. The Kier molecular flexibility index (Phi) is 4.25. The van der Waals surface area contributed by atoms with Crippen LogP contribution in [0.2, 0.25) is 0 Å². The van der Waals surface area contributed by atoms with Gasteiger partial charge < -0.3 is 15.4 Å². The van der Waals surface area contributed by atoms with E-state index in [1.807, 2.05) is 0 Å². The van der Waals surface area contributed by atoms with Crippen molar-refractivity contribution in [1.29, 1.82) is 0 Å². The number of nitrogen functional groups attached to an aromatic ring is 1. The van der Waals surface area contributed by atoms with Crippen molar-refractivity contribution in [3.05, 3.63) is 23.1 Å². The summed E-state index contributed by atoms with van der Waals surface area (Å²) in [5.41, 5.74) is 9.11. The number of aromatic nitrogens is 1. The first-order valence-corrected chi connectivity index (χ1v) is 8.73. The molecule has 0 amide bonds. The summed E-state index contributed by atoms with van der Waals surface area (Å²) in [4.78, 5) is 8.06. The first-order valence-electron chi connectivity index (χ1n) is 7.91. The molecule has 5 heteroatoms. The average Bonchev–Trinajstić information content (AvgIpc) is 2.85. The predicted octanol–water partition coefficient (Wildman–Crippen LogP) is 4.09. The Hall–Kier alpha value is -1.75. The maximum absolute atomic E-state index is 6.10. The Bertz CT molecular complexity index is 668. The highest BCUT2D eigenvalue weighted by Crippen LogP contribution is 2.39. The van der Waals surface area contributed by atoms with Gasteiger partial charge in [-0.25, -0.2) is 4.98 Å². The summed E-state index contributed by atoms with van der Waals surface area (Å²) in [6.45, 7) is 8.46. The van der Waals surface area contributed by atoms with E-state index in [1.54, 1.807) is 0 Å². The minimum atomic E-state index is 0.279. The van der Waals surface area contributed by atoms with E-state index in [1.165, 1.54) is 17.0 Å². The van der Waals surface area contributed by atoms with Gasteiger partial charge in [0.2, 0.25) is 0 Å². The molecule has 0 saturated heterocycles. The average molecular weight is 317 g/mol. The summed E-state index contributed by atoms with van der Waals surface area (Å²) < 4.78 is 6.10. The largest absolute Gasteiger partial charge is 0.486 e. The van der Waals surface area contributed by atoms with Crippen molar-refractivity contribution in [3.8, 4) is 17.0 Å². The Morgan fingerprint density at radius 3 is 2.86 bits per heavy atom. The van der Waals surface area contributed by atoms with Gasteiger partial charge in [0.1, 0.15) is 11.9 Å². The molecule has 1 aliphatic rings. The number of ether oxygens (including phenoxy) is 1. The SMILES string of the molecule is CCCN1CC(CC)Oc2ccc(-c3nc(N)sc3C)cc21. The molecule has 1 aliphatic heterocycles. The van der Waals surface area contributed by atoms with Crippen LogP contribution in [0.1, 0.15) is 31.6 Å². The molecule has 0 radical (unpaired) electrons. The highest BCUT2D eigenvalue weighted by atomic mass is 32.1. The molecule has 3 rings (SSSR count). The molecule has 0 saturated carbocycles. The van der Waals surface area contributed by atoms with Gasteiger partial charge in [0.15, 0.2) is 5.13 Å². The number of hydrogen-bond acceptors (Lipinski definition) is 5. The molecule has 0 fully saturated rings. The molecule has 1 aromatic heterocycles. The van der Waals surface area contributed by atoms with E-state index < -0.39 is 0 Å². The van der Waals surface area contributed by atoms with E-state index in [-0.39, 0.29) is 6.10 Å². The minimum absolute atomic E-state index is 0.279. The Balaban J connectivity index is 2.01. The molecule has 4 nitrogen and oxygen atoms in total. The molecule has 0 spiro atoms. The zero-order valence-electron chi connectivity index (χ0n) is 13.4. The molecular weight excluding hydrogens is 294 g/mol. The van der Waals surface area contributed by atoms with Gasteiger partial charge in [-0.15, -0.1) is 11.3 Å². The molecular formula is C17H23N3OS. The van der Waals surface area contributed by atoms with Crippen molar-refractivity contribution >= 4 is 22.2 Å². The number of nitrogens with two attached hydrogens (primary N) is 1. The lowest BCUT2D eigenvalue weighted by Gasteiger charge is -2.36. The van der Waals surface area contributed by atoms with Crippen LogP contribution >= 0.6 is 11.3 Å². The van der Waals surface area contributed by atoms with Crippen LogP contribution in [-0.4, -0.2) is 24.2 Å². The summed E-state index contributed by atoms with van der Waals surface area (Å²) in [5, 5.41) is 0.623. The van der Waals surface area contributed by atoms with Crippen LogP contribution in [0.25, 0.3) is 11.3 Å². The van der Waals surface area contributed by atoms with Crippen molar-refractivity contribution in [2.24, 2.45) is 0 Å². The molecule has 2 heterocycles. The van der Waals surface area contributed by atoms with Gasteiger partial charge in [-0.2, -0.15) is 0 Å². The standard InChI is InChI=1S/C17H23N3OS/c1-4-8-20-10-13(5-2)21-15-7-6-12(9-14(15)20)16-11(3)22-17(18)19-16/h6-7,9,13H,4-5,8,10H2,1-3H3,(H2,18,19). The Labute approximate surface area is 135 Å². The first-order chi connectivity index (χ1) is 10.6. The van der Waals surface area contributed by atoms with Gasteiger partial charge in [-0.3, -0.25) is 0 Å². The van der Waals surface area contributed by atoms with Gasteiger partial charge in [0.05, 0.1) is 17.9 Å². The number of benzene rings is 1. The van der Waals surface area contributed by atoms with Crippen LogP contribution in [0.5, 0.6) is 5.75 Å². The molecule has 2 aromatic rings. The fourth-order valence-electron chi connectivity index (χ4n) is 2.95. The molecule has 118 valence electrons. The van der Waals surface area contributed by atoms with Crippen LogP contribution in [0.4, 0.5) is 10.8 Å². The summed E-state index contributed by atoms with van der Waals surface area (Å²) >= 11 is 1.54. The number of aryl methyl sites for hydroxylation is 1. The summed E-state index contributed by atoms with van der Waals surface area (Å²) in [7, 11) is 0. The maximum Gasteiger partial charge on any atom is 0.180 e. The summed E-state index contributed by atoms with van der Waals surface area (Å²) in [6, 6.07) is 6.35. The van der Waals surface area contributed by atoms with Crippen LogP contribution in [-0.2, 0) is 0 Å². The van der Waals surface area contributed by atoms with Crippen molar-refractivity contribution in [2.75, 3.05) is 23.7 Å². The van der Waals surface area contributed by atoms with Crippen LogP contribution in [0.3, 0.4) is 0 Å². The third-order valence-electron chi connectivity index (χ3n) is 4.05. The number of fused-ring (bicyclic) bond motifs is 1. The quantitative estimate of drug-likeness (QED) is 0.923. The second-order valence-corrected chi connectivity index (χ2v) is 6.97. The lowest BCUT2D eigenvalue weighted by Crippen LogP contribution is -2.40. The normalized spacial score (nSPS) is 17.2. The maximum atomic E-state index is 6.10. The van der Waals surface area contributed by atoms with E-state index >= 15 is 0 Å². The Morgan fingerprint density at radius 2 is 2.23 bits per heavy atom. The van der Waals surface area contributed by atoms with E-state index in [0.717, 1.165) is 47.8 Å². The van der Waals surface area contributed by atoms with Gasteiger partial charge in [0.25, 0.3) is 0 Å². The number of nitrogens with zero attached hydrogens (tertiary/aromatic N) is 2. The second-order valence-electron chi connectivity index (χ2n) is 5.73. The summed E-state index contributed by atoms with van der Waals surface area (Å²) in [6.07, 6.45) is 2.44. The van der Waals surface area contributed by atoms with E-state index in [9.17, 15) is 0 Å². The van der Waals surface area contributed by atoms with Crippen molar-refractivity contribution < 1.29 is 4.74 Å². The van der Waals surface area contributed by atoms with Gasteiger partial charge >= 0.3 is 0 Å². The van der Waals surface area contributed by atoms with Crippen molar-refractivity contribution in [2.45, 2.75) is 39.7 Å². The van der Waals surface area contributed by atoms with Gasteiger partial charge in [-0.1, -0.05) is 13.8 Å². The van der Waals surface area contributed by atoms with Crippen molar-refractivity contribution in [3.63, 3.8) is 0 Å². The lowest BCUT2D eigenvalue weighted by atomic mass is 10.1. The van der Waals surface area contributed by atoms with E-state index in [0.29, 0.717) is 5.13 Å². The molecule has 0 aliphatic carbocycles.